The average molecular weight is 349 g/mol. The number of rotatable bonds is 2. The van der Waals surface area contributed by atoms with Crippen LogP contribution in [-0.2, 0) is 0 Å². The molecule has 4 aliphatic carbocycles. The van der Waals surface area contributed by atoms with Crippen LogP contribution in [0.15, 0.2) is 0 Å². The molecule has 4 unspecified atom stereocenters. The van der Waals surface area contributed by atoms with Crippen LogP contribution in [0.3, 0.4) is 0 Å². The number of halogens is 1. The molecule has 24 heavy (non-hydrogen) atoms. The molecule has 4 rings (SSSR count). The van der Waals surface area contributed by atoms with Crippen molar-refractivity contribution in [2.75, 3.05) is 0 Å². The highest BCUT2D eigenvalue weighted by Gasteiger charge is 2.58. The summed E-state index contributed by atoms with van der Waals surface area (Å²) in [5.41, 5.74) is 1.12. The van der Waals surface area contributed by atoms with E-state index >= 15 is 0 Å². The van der Waals surface area contributed by atoms with Crippen molar-refractivity contribution in [3.05, 3.63) is 0 Å². The summed E-state index contributed by atoms with van der Waals surface area (Å²) in [5, 5.41) is 0. The predicted molar refractivity (Wildman–Crippen MR) is 107 cm³/mol. The predicted octanol–water partition coefficient (Wildman–Crippen LogP) is 7.14. The first-order chi connectivity index (χ1) is 11.2. The number of hydrogen-bond acceptors (Lipinski definition) is 0. The third-order valence-corrected chi connectivity index (χ3v) is 10.9. The molecule has 0 N–H and O–H groups in total. The molecule has 4 saturated carbocycles. The zero-order valence-corrected chi connectivity index (χ0v) is 17.6. The topological polar surface area (TPSA) is 0 Å². The van der Waals surface area contributed by atoms with Gasteiger partial charge in [-0.3, -0.25) is 0 Å². The Morgan fingerprint density at radius 3 is 1.46 bits per heavy atom. The molecule has 0 nitrogen and oxygen atoms in total. The van der Waals surface area contributed by atoms with E-state index in [0.29, 0.717) is 17.0 Å². The van der Waals surface area contributed by atoms with Gasteiger partial charge in [-0.15, -0.1) is 0 Å². The van der Waals surface area contributed by atoms with Gasteiger partial charge < -0.3 is 0 Å². The molecule has 0 aromatic rings. The fourth-order valence-corrected chi connectivity index (χ4v) is 9.08. The first kappa shape index (κ1) is 17.8. The molecule has 136 valence electrons. The van der Waals surface area contributed by atoms with Gasteiger partial charge in [0.15, 0.2) is 0 Å². The van der Waals surface area contributed by atoms with Crippen molar-refractivity contribution in [1.29, 1.82) is 0 Å². The summed E-state index contributed by atoms with van der Waals surface area (Å²) in [6, 6.07) is 0. The highest BCUT2D eigenvalue weighted by atomic mass is 35.5. The maximum Gasteiger partial charge on any atom is 0.257 e. The van der Waals surface area contributed by atoms with Crippen LogP contribution < -0.4 is 0 Å². The van der Waals surface area contributed by atoms with Crippen LogP contribution in [0.25, 0.3) is 0 Å². The van der Waals surface area contributed by atoms with Crippen molar-refractivity contribution < 1.29 is 0 Å². The zero-order chi connectivity index (χ0) is 17.4. The summed E-state index contributed by atoms with van der Waals surface area (Å²) < 4.78 is 0. The van der Waals surface area contributed by atoms with Crippen molar-refractivity contribution >= 4 is 17.6 Å². The molecule has 0 amide bonds. The molecule has 0 aromatic heterocycles. The lowest BCUT2D eigenvalue weighted by Gasteiger charge is -2.51. The van der Waals surface area contributed by atoms with Gasteiger partial charge in [-0.05, 0) is 83.7 Å². The average Bonchev–Trinajstić information content (AvgIpc) is 2.77. The standard InChI is InChI=1S/C22H38BCl/c1-13-17-9-7-15(21(17,3)4)11-19(13)23(24)20-12-16-8-10-18(14(20)2)22(16,5)6/h13-20H,7-12H2,1-6H3/t13-,14-,15?,16?,17?,18?,19-,20-/m0/s1. The van der Waals surface area contributed by atoms with Crippen LogP contribution in [-0.4, -0.2) is 6.13 Å². The molecule has 4 bridgehead atoms. The summed E-state index contributed by atoms with van der Waals surface area (Å²) >= 11 is 7.33. The minimum atomic E-state index is 0.424. The normalized spacial score (nSPS) is 51.6. The molecule has 8 atom stereocenters. The molecule has 0 radical (unpaired) electrons. The fraction of sp³-hybridized carbons (Fsp3) is 1.00. The third kappa shape index (κ3) is 2.32. The lowest BCUT2D eigenvalue weighted by molar-refractivity contribution is 0.0675. The smallest absolute Gasteiger partial charge is 0.195 e. The largest absolute Gasteiger partial charge is 0.257 e. The van der Waals surface area contributed by atoms with Gasteiger partial charge in [-0.1, -0.05) is 54.4 Å². The zero-order valence-electron chi connectivity index (χ0n) is 16.8. The van der Waals surface area contributed by atoms with Gasteiger partial charge >= 0.3 is 0 Å². The molecule has 0 heterocycles. The summed E-state index contributed by atoms with van der Waals surface area (Å²) in [6.07, 6.45) is 9.06. The van der Waals surface area contributed by atoms with Crippen LogP contribution in [0.1, 0.15) is 80.1 Å². The first-order valence-electron chi connectivity index (χ1n) is 10.8. The van der Waals surface area contributed by atoms with Gasteiger partial charge in [-0.25, -0.2) is 0 Å². The van der Waals surface area contributed by atoms with Gasteiger partial charge in [-0.2, -0.15) is 11.5 Å². The maximum absolute atomic E-state index is 7.33. The highest BCUT2D eigenvalue weighted by Crippen LogP contribution is 2.66. The SMILES string of the molecule is C[C@H]1C2CCC(C[C@@H]1B(Cl)[C@H]1CC3CCC([C@@H]1C)C3(C)C)C2(C)C. The van der Waals surface area contributed by atoms with Crippen molar-refractivity contribution in [3.8, 4) is 0 Å². The minimum absolute atomic E-state index is 0.424. The second kappa shape index (κ2) is 5.67. The summed E-state index contributed by atoms with van der Waals surface area (Å²) in [6.45, 7) is 15.2. The van der Waals surface area contributed by atoms with Gasteiger partial charge in [0.05, 0.1) is 0 Å². The number of hydrogen-bond donors (Lipinski definition) is 0. The van der Waals surface area contributed by atoms with Crippen molar-refractivity contribution in [1.82, 2.24) is 0 Å². The van der Waals surface area contributed by atoms with Gasteiger partial charge in [0, 0.05) is 0 Å². The van der Waals surface area contributed by atoms with Crippen LogP contribution in [0.2, 0.25) is 11.6 Å². The molecular formula is C22H38BCl. The van der Waals surface area contributed by atoms with Crippen LogP contribution in [0, 0.1) is 46.3 Å². The molecule has 4 fully saturated rings. The van der Waals surface area contributed by atoms with E-state index in [-0.39, 0.29) is 0 Å². The van der Waals surface area contributed by atoms with E-state index in [0.717, 1.165) is 47.1 Å². The van der Waals surface area contributed by atoms with Crippen LogP contribution in [0.4, 0.5) is 0 Å². The Bertz CT molecular complexity index is 454. The molecule has 2 heteroatoms. The molecule has 0 spiro atoms. The van der Waals surface area contributed by atoms with E-state index < -0.39 is 0 Å². The quantitative estimate of drug-likeness (QED) is 0.465. The van der Waals surface area contributed by atoms with E-state index in [1.54, 1.807) is 0 Å². The maximum atomic E-state index is 7.33. The Kier molecular flexibility index (Phi) is 4.20. The second-order valence-corrected chi connectivity index (χ2v) is 11.9. The second-order valence-electron chi connectivity index (χ2n) is 11.4. The van der Waals surface area contributed by atoms with Gasteiger partial charge in [0.25, 0.3) is 6.13 Å². The Morgan fingerprint density at radius 2 is 1.08 bits per heavy atom. The monoisotopic (exact) mass is 348 g/mol. The summed E-state index contributed by atoms with van der Waals surface area (Å²) in [4.78, 5) is 0. The van der Waals surface area contributed by atoms with Gasteiger partial charge in [0.1, 0.15) is 0 Å². The number of fused-ring (bicyclic) bond motifs is 4. The van der Waals surface area contributed by atoms with Crippen molar-refractivity contribution in [3.63, 3.8) is 0 Å². The minimum Gasteiger partial charge on any atom is -0.195 e. The Hall–Kier alpha value is 0.355. The molecule has 0 saturated heterocycles. The molecule has 0 aromatic carbocycles. The van der Waals surface area contributed by atoms with Crippen LogP contribution in [0.5, 0.6) is 0 Å². The molecule has 4 aliphatic rings. The Balaban J connectivity index is 1.54. The van der Waals surface area contributed by atoms with E-state index in [1.165, 1.54) is 38.5 Å². The van der Waals surface area contributed by atoms with Crippen molar-refractivity contribution in [2.45, 2.75) is 91.7 Å². The fourth-order valence-electron chi connectivity index (χ4n) is 8.42. The molecular weight excluding hydrogens is 311 g/mol. The van der Waals surface area contributed by atoms with Gasteiger partial charge in [0.2, 0.25) is 0 Å². The Morgan fingerprint density at radius 1 is 0.708 bits per heavy atom. The lowest BCUT2D eigenvalue weighted by atomic mass is 9.38. The van der Waals surface area contributed by atoms with E-state index in [9.17, 15) is 0 Å². The van der Waals surface area contributed by atoms with Crippen molar-refractivity contribution in [2.24, 2.45) is 46.3 Å². The molecule has 0 aliphatic heterocycles. The lowest BCUT2D eigenvalue weighted by Crippen LogP contribution is -2.46. The van der Waals surface area contributed by atoms with E-state index in [4.69, 9.17) is 11.5 Å². The van der Waals surface area contributed by atoms with E-state index in [1.807, 2.05) is 0 Å². The van der Waals surface area contributed by atoms with Crippen LogP contribution >= 0.6 is 11.5 Å². The first-order valence-corrected chi connectivity index (χ1v) is 11.2. The Labute approximate surface area is 155 Å². The highest BCUT2D eigenvalue weighted by molar-refractivity contribution is 7.08. The van der Waals surface area contributed by atoms with E-state index in [2.05, 4.69) is 41.5 Å². The third-order valence-electron chi connectivity index (χ3n) is 10.2. The summed E-state index contributed by atoms with van der Waals surface area (Å²) in [7, 11) is 0. The summed E-state index contributed by atoms with van der Waals surface area (Å²) in [5.74, 6) is 6.86.